The fraction of sp³-hybridized carbons (Fsp3) is 0.600. The Morgan fingerprint density at radius 3 is 2.61 bits per heavy atom. The third kappa shape index (κ3) is 4.00. The van der Waals surface area contributed by atoms with Crippen LogP contribution in [0.3, 0.4) is 0 Å². The SMILES string of the molecule is CCCN(CC)CC(N)c1cc(C)ccc1OC. The molecule has 0 saturated carbocycles. The molecule has 0 aliphatic rings. The zero-order valence-corrected chi connectivity index (χ0v) is 12.1. The average Bonchev–Trinajstić information content (AvgIpc) is 2.38. The van der Waals surface area contributed by atoms with E-state index in [1.807, 2.05) is 6.07 Å². The number of hydrogen-bond donors (Lipinski definition) is 1. The number of ether oxygens (including phenoxy) is 1. The van der Waals surface area contributed by atoms with Crippen LogP contribution in [0, 0.1) is 6.92 Å². The highest BCUT2D eigenvalue weighted by atomic mass is 16.5. The third-order valence-electron chi connectivity index (χ3n) is 3.23. The highest BCUT2D eigenvalue weighted by molar-refractivity contribution is 5.39. The smallest absolute Gasteiger partial charge is 0.123 e. The monoisotopic (exact) mass is 250 g/mol. The van der Waals surface area contributed by atoms with E-state index in [-0.39, 0.29) is 6.04 Å². The summed E-state index contributed by atoms with van der Waals surface area (Å²) in [5.41, 5.74) is 8.65. The average molecular weight is 250 g/mol. The van der Waals surface area contributed by atoms with Crippen LogP contribution in [0.2, 0.25) is 0 Å². The maximum atomic E-state index is 6.33. The molecule has 0 spiro atoms. The van der Waals surface area contributed by atoms with Crippen LogP contribution in [-0.4, -0.2) is 31.6 Å². The first-order valence-corrected chi connectivity index (χ1v) is 6.74. The summed E-state index contributed by atoms with van der Waals surface area (Å²) in [7, 11) is 1.70. The number of nitrogens with two attached hydrogens (primary N) is 1. The normalized spacial score (nSPS) is 12.8. The third-order valence-corrected chi connectivity index (χ3v) is 3.23. The molecule has 0 aromatic heterocycles. The lowest BCUT2D eigenvalue weighted by molar-refractivity contribution is 0.268. The lowest BCUT2D eigenvalue weighted by Gasteiger charge is -2.25. The summed E-state index contributed by atoms with van der Waals surface area (Å²) < 4.78 is 5.40. The first-order valence-electron chi connectivity index (χ1n) is 6.74. The molecule has 3 nitrogen and oxygen atoms in total. The number of rotatable bonds is 7. The standard InChI is InChI=1S/C15H26N2O/c1-5-9-17(6-2)11-14(16)13-10-12(3)7-8-15(13)18-4/h7-8,10,14H,5-6,9,11,16H2,1-4H3. The van der Waals surface area contributed by atoms with E-state index in [0.717, 1.165) is 37.4 Å². The Balaban J connectivity index is 2.81. The highest BCUT2D eigenvalue weighted by Crippen LogP contribution is 2.25. The minimum Gasteiger partial charge on any atom is -0.496 e. The first kappa shape index (κ1) is 15.0. The molecule has 1 atom stereocenters. The van der Waals surface area contributed by atoms with Crippen molar-refractivity contribution in [1.82, 2.24) is 4.90 Å². The molecule has 0 aliphatic heterocycles. The predicted octanol–water partition coefficient (Wildman–Crippen LogP) is 2.74. The van der Waals surface area contributed by atoms with E-state index in [4.69, 9.17) is 10.5 Å². The van der Waals surface area contributed by atoms with Crippen molar-refractivity contribution in [3.63, 3.8) is 0 Å². The summed E-state index contributed by atoms with van der Waals surface area (Å²) in [4.78, 5) is 2.38. The zero-order chi connectivity index (χ0) is 13.5. The van der Waals surface area contributed by atoms with Crippen molar-refractivity contribution in [3.05, 3.63) is 29.3 Å². The Morgan fingerprint density at radius 1 is 1.33 bits per heavy atom. The Labute approximate surface area is 111 Å². The van der Waals surface area contributed by atoms with Gasteiger partial charge in [-0.3, -0.25) is 0 Å². The van der Waals surface area contributed by atoms with Gasteiger partial charge in [-0.1, -0.05) is 31.5 Å². The van der Waals surface area contributed by atoms with Crippen LogP contribution in [0.25, 0.3) is 0 Å². The molecule has 0 saturated heterocycles. The minimum absolute atomic E-state index is 0.00588. The lowest BCUT2D eigenvalue weighted by atomic mass is 10.0. The fourth-order valence-electron chi connectivity index (χ4n) is 2.21. The van der Waals surface area contributed by atoms with Crippen LogP contribution in [0.4, 0.5) is 0 Å². The summed E-state index contributed by atoms with van der Waals surface area (Å²) in [6, 6.07) is 6.19. The van der Waals surface area contributed by atoms with Crippen LogP contribution >= 0.6 is 0 Å². The van der Waals surface area contributed by atoms with E-state index < -0.39 is 0 Å². The molecule has 1 aromatic carbocycles. The maximum Gasteiger partial charge on any atom is 0.123 e. The van der Waals surface area contributed by atoms with Gasteiger partial charge in [0.2, 0.25) is 0 Å². The Morgan fingerprint density at radius 2 is 2.06 bits per heavy atom. The number of methoxy groups -OCH3 is 1. The molecule has 3 heteroatoms. The van der Waals surface area contributed by atoms with Crippen LogP contribution in [0.15, 0.2) is 18.2 Å². The molecule has 0 amide bonds. The van der Waals surface area contributed by atoms with Crippen molar-refractivity contribution in [2.24, 2.45) is 5.73 Å². The van der Waals surface area contributed by atoms with Crippen molar-refractivity contribution in [2.45, 2.75) is 33.2 Å². The number of benzene rings is 1. The van der Waals surface area contributed by atoms with E-state index in [9.17, 15) is 0 Å². The van der Waals surface area contributed by atoms with Crippen molar-refractivity contribution in [1.29, 1.82) is 0 Å². The topological polar surface area (TPSA) is 38.5 Å². The van der Waals surface area contributed by atoms with Gasteiger partial charge in [0.1, 0.15) is 5.75 Å². The zero-order valence-electron chi connectivity index (χ0n) is 12.1. The van der Waals surface area contributed by atoms with Gasteiger partial charge in [0.15, 0.2) is 0 Å². The Bertz CT molecular complexity index is 366. The number of likely N-dealkylation sites (N-methyl/N-ethyl adjacent to an activating group) is 1. The second-order valence-corrected chi connectivity index (χ2v) is 4.75. The van der Waals surface area contributed by atoms with Crippen molar-refractivity contribution < 1.29 is 4.74 Å². The van der Waals surface area contributed by atoms with Gasteiger partial charge in [-0.15, -0.1) is 0 Å². The molecular weight excluding hydrogens is 224 g/mol. The van der Waals surface area contributed by atoms with E-state index >= 15 is 0 Å². The fourth-order valence-corrected chi connectivity index (χ4v) is 2.21. The van der Waals surface area contributed by atoms with Gasteiger partial charge in [0, 0.05) is 18.2 Å². The van der Waals surface area contributed by atoms with E-state index in [0.29, 0.717) is 0 Å². The lowest BCUT2D eigenvalue weighted by Crippen LogP contribution is -2.32. The van der Waals surface area contributed by atoms with Gasteiger partial charge in [-0.05, 0) is 32.5 Å². The van der Waals surface area contributed by atoms with Crippen molar-refractivity contribution in [2.75, 3.05) is 26.7 Å². The van der Waals surface area contributed by atoms with Crippen LogP contribution in [0.1, 0.15) is 37.4 Å². The summed E-state index contributed by atoms with van der Waals surface area (Å²) in [5, 5.41) is 0. The molecule has 2 N–H and O–H groups in total. The Kier molecular flexibility index (Phi) is 6.16. The van der Waals surface area contributed by atoms with Crippen LogP contribution in [-0.2, 0) is 0 Å². The molecule has 0 fully saturated rings. The molecule has 0 bridgehead atoms. The van der Waals surface area contributed by atoms with Gasteiger partial charge in [0.25, 0.3) is 0 Å². The van der Waals surface area contributed by atoms with Gasteiger partial charge in [0.05, 0.1) is 7.11 Å². The molecule has 1 rings (SSSR count). The van der Waals surface area contributed by atoms with Gasteiger partial charge >= 0.3 is 0 Å². The maximum absolute atomic E-state index is 6.33. The minimum atomic E-state index is 0.00588. The summed E-state index contributed by atoms with van der Waals surface area (Å²) >= 11 is 0. The molecule has 102 valence electrons. The molecule has 1 unspecified atom stereocenters. The second kappa shape index (κ2) is 7.39. The molecule has 18 heavy (non-hydrogen) atoms. The largest absolute Gasteiger partial charge is 0.496 e. The van der Waals surface area contributed by atoms with E-state index in [1.54, 1.807) is 7.11 Å². The second-order valence-electron chi connectivity index (χ2n) is 4.75. The van der Waals surface area contributed by atoms with Crippen molar-refractivity contribution in [3.8, 4) is 5.75 Å². The molecular formula is C15H26N2O. The first-order chi connectivity index (χ1) is 8.62. The molecule has 0 radical (unpaired) electrons. The highest BCUT2D eigenvalue weighted by Gasteiger charge is 2.15. The van der Waals surface area contributed by atoms with Gasteiger partial charge in [-0.2, -0.15) is 0 Å². The molecule has 0 aliphatic carbocycles. The number of nitrogens with zero attached hydrogens (tertiary/aromatic N) is 1. The van der Waals surface area contributed by atoms with Crippen LogP contribution in [0.5, 0.6) is 5.75 Å². The number of hydrogen-bond acceptors (Lipinski definition) is 3. The quantitative estimate of drug-likeness (QED) is 0.808. The van der Waals surface area contributed by atoms with Gasteiger partial charge < -0.3 is 15.4 Å². The van der Waals surface area contributed by atoms with E-state index in [2.05, 4.69) is 37.8 Å². The number of aryl methyl sites for hydroxylation is 1. The van der Waals surface area contributed by atoms with Gasteiger partial charge in [-0.25, -0.2) is 0 Å². The predicted molar refractivity (Wildman–Crippen MR) is 77.1 cm³/mol. The van der Waals surface area contributed by atoms with E-state index in [1.165, 1.54) is 5.56 Å². The van der Waals surface area contributed by atoms with Crippen molar-refractivity contribution >= 4 is 0 Å². The molecule has 1 aromatic rings. The Hall–Kier alpha value is -1.06. The summed E-state index contributed by atoms with van der Waals surface area (Å²) in [6.07, 6.45) is 1.16. The summed E-state index contributed by atoms with van der Waals surface area (Å²) in [5.74, 6) is 0.889. The molecule has 0 heterocycles. The van der Waals surface area contributed by atoms with Crippen LogP contribution < -0.4 is 10.5 Å². The summed E-state index contributed by atoms with van der Waals surface area (Å²) in [6.45, 7) is 9.47.